The highest BCUT2D eigenvalue weighted by molar-refractivity contribution is 5.92. The summed E-state index contributed by atoms with van der Waals surface area (Å²) >= 11 is 0. The van der Waals surface area contributed by atoms with E-state index in [4.69, 9.17) is 9.47 Å². The third kappa shape index (κ3) is 3.35. The van der Waals surface area contributed by atoms with Gasteiger partial charge in [0.1, 0.15) is 11.3 Å². The summed E-state index contributed by atoms with van der Waals surface area (Å²) in [5.74, 6) is 0.573. The van der Waals surface area contributed by atoms with Crippen molar-refractivity contribution in [2.75, 3.05) is 27.3 Å². The van der Waals surface area contributed by atoms with Crippen LogP contribution in [-0.2, 0) is 16.1 Å². The summed E-state index contributed by atoms with van der Waals surface area (Å²) in [6, 6.07) is 5.30. The number of carbonyl (C=O) groups excluding carboxylic acids is 2. The molecular formula is C19H26N2O4. The predicted molar refractivity (Wildman–Crippen MR) is 93.4 cm³/mol. The summed E-state index contributed by atoms with van der Waals surface area (Å²) in [4.78, 5) is 24.8. The molecule has 0 spiro atoms. The molecule has 1 aromatic rings. The van der Waals surface area contributed by atoms with Crippen molar-refractivity contribution < 1.29 is 19.1 Å². The van der Waals surface area contributed by atoms with Gasteiger partial charge in [-0.1, -0.05) is 18.9 Å². The Hall–Kier alpha value is -2.08. The van der Waals surface area contributed by atoms with Crippen molar-refractivity contribution in [1.29, 1.82) is 0 Å². The average molecular weight is 346 g/mol. The summed E-state index contributed by atoms with van der Waals surface area (Å²) in [5.41, 5.74) is 0.952. The number of ether oxygens (including phenoxy) is 2. The number of rotatable bonds is 5. The van der Waals surface area contributed by atoms with Crippen molar-refractivity contribution in [3.8, 4) is 5.75 Å². The van der Waals surface area contributed by atoms with E-state index in [-0.39, 0.29) is 11.3 Å². The molecule has 0 unspecified atom stereocenters. The fourth-order valence-corrected chi connectivity index (χ4v) is 4.18. The summed E-state index contributed by atoms with van der Waals surface area (Å²) < 4.78 is 10.00. The predicted octanol–water partition coefficient (Wildman–Crippen LogP) is 1.88. The van der Waals surface area contributed by atoms with Gasteiger partial charge < -0.3 is 20.1 Å². The van der Waals surface area contributed by atoms with Gasteiger partial charge in [0.2, 0.25) is 5.91 Å². The summed E-state index contributed by atoms with van der Waals surface area (Å²) in [5, 5.41) is 6.47. The van der Waals surface area contributed by atoms with Crippen LogP contribution in [0.15, 0.2) is 18.2 Å². The Morgan fingerprint density at radius 2 is 2.16 bits per heavy atom. The van der Waals surface area contributed by atoms with Gasteiger partial charge >= 0.3 is 5.97 Å². The molecule has 0 radical (unpaired) electrons. The van der Waals surface area contributed by atoms with Crippen LogP contribution in [0.3, 0.4) is 0 Å². The van der Waals surface area contributed by atoms with Gasteiger partial charge in [0, 0.05) is 13.1 Å². The topological polar surface area (TPSA) is 76.7 Å². The van der Waals surface area contributed by atoms with Gasteiger partial charge in [-0.2, -0.15) is 0 Å². The molecule has 6 heteroatoms. The Morgan fingerprint density at radius 3 is 2.92 bits per heavy atom. The molecule has 1 heterocycles. The molecule has 0 aromatic heterocycles. The zero-order valence-electron chi connectivity index (χ0n) is 14.9. The van der Waals surface area contributed by atoms with Gasteiger partial charge in [-0.15, -0.1) is 0 Å². The lowest BCUT2D eigenvalue weighted by Gasteiger charge is -2.37. The van der Waals surface area contributed by atoms with E-state index in [0.717, 1.165) is 37.9 Å². The van der Waals surface area contributed by atoms with Crippen LogP contribution < -0.4 is 15.4 Å². The highest BCUT2D eigenvalue weighted by Gasteiger charge is 2.49. The molecule has 1 aliphatic heterocycles. The van der Waals surface area contributed by atoms with Crippen LogP contribution in [0.4, 0.5) is 0 Å². The average Bonchev–Trinajstić information content (AvgIpc) is 3.10. The van der Waals surface area contributed by atoms with Gasteiger partial charge in [-0.3, -0.25) is 4.79 Å². The molecule has 1 aliphatic carbocycles. The maximum atomic E-state index is 12.9. The fraction of sp³-hybridized carbons (Fsp3) is 0.579. The molecule has 0 bridgehead atoms. The first-order chi connectivity index (χ1) is 12.1. The van der Waals surface area contributed by atoms with E-state index in [9.17, 15) is 9.59 Å². The van der Waals surface area contributed by atoms with Gasteiger partial charge in [0.15, 0.2) is 0 Å². The Balaban J connectivity index is 1.71. The van der Waals surface area contributed by atoms with Crippen molar-refractivity contribution in [2.45, 2.75) is 32.2 Å². The number of esters is 1. The lowest BCUT2D eigenvalue weighted by molar-refractivity contribution is -0.134. The number of benzene rings is 1. The number of hydrogen-bond donors (Lipinski definition) is 2. The largest absolute Gasteiger partial charge is 0.496 e. The minimum absolute atomic E-state index is 0.123. The van der Waals surface area contributed by atoms with Crippen molar-refractivity contribution in [3.63, 3.8) is 0 Å². The first-order valence-electron chi connectivity index (χ1n) is 8.85. The van der Waals surface area contributed by atoms with Crippen LogP contribution in [0, 0.1) is 11.3 Å². The first-order valence-corrected chi connectivity index (χ1v) is 8.85. The fourth-order valence-electron chi connectivity index (χ4n) is 4.18. The number of amides is 1. The Bertz CT molecular complexity index is 661. The van der Waals surface area contributed by atoms with Crippen molar-refractivity contribution in [2.24, 2.45) is 11.3 Å². The molecule has 2 N–H and O–H groups in total. The highest BCUT2D eigenvalue weighted by atomic mass is 16.5. The number of carbonyl (C=O) groups is 2. The van der Waals surface area contributed by atoms with E-state index in [1.54, 1.807) is 12.1 Å². The van der Waals surface area contributed by atoms with Crippen LogP contribution >= 0.6 is 0 Å². The van der Waals surface area contributed by atoms with E-state index >= 15 is 0 Å². The zero-order valence-corrected chi connectivity index (χ0v) is 14.9. The number of hydrogen-bond acceptors (Lipinski definition) is 5. The van der Waals surface area contributed by atoms with Crippen molar-refractivity contribution in [3.05, 3.63) is 29.3 Å². The van der Waals surface area contributed by atoms with E-state index in [2.05, 4.69) is 10.6 Å². The number of fused-ring (bicyclic) bond motifs is 1. The van der Waals surface area contributed by atoms with E-state index in [0.29, 0.717) is 23.8 Å². The van der Waals surface area contributed by atoms with Gasteiger partial charge in [-0.05, 0) is 43.0 Å². The maximum Gasteiger partial charge on any atom is 0.341 e. The normalized spacial score (nSPS) is 25.1. The molecule has 2 aliphatic rings. The minimum Gasteiger partial charge on any atom is -0.496 e. The number of nitrogens with one attached hydrogen (secondary N) is 2. The highest BCUT2D eigenvalue weighted by Crippen LogP contribution is 2.43. The Morgan fingerprint density at radius 1 is 1.32 bits per heavy atom. The lowest BCUT2D eigenvalue weighted by atomic mass is 9.67. The monoisotopic (exact) mass is 346 g/mol. The van der Waals surface area contributed by atoms with Gasteiger partial charge in [0.05, 0.1) is 19.6 Å². The van der Waals surface area contributed by atoms with E-state index in [1.165, 1.54) is 20.6 Å². The molecule has 1 saturated heterocycles. The first kappa shape index (κ1) is 17.7. The maximum absolute atomic E-state index is 12.9. The Kier molecular flexibility index (Phi) is 5.27. The zero-order chi connectivity index (χ0) is 17.9. The molecule has 1 aromatic carbocycles. The Labute approximate surface area is 148 Å². The molecule has 25 heavy (non-hydrogen) atoms. The molecule has 1 saturated carbocycles. The molecule has 1 amide bonds. The standard InChI is InChI=1S/C19H26N2O4/c1-24-16-7-6-13(9-15(16)17(22)25-2)10-21-18(23)19-8-4-3-5-14(19)11-20-12-19/h6-7,9,14,20H,3-5,8,10-12H2,1-2H3,(H,21,23)/t14-,19+/m0/s1. The quantitative estimate of drug-likeness (QED) is 0.796. The van der Waals surface area contributed by atoms with Crippen molar-refractivity contribution in [1.82, 2.24) is 10.6 Å². The summed E-state index contributed by atoms with van der Waals surface area (Å²) in [6.07, 6.45) is 4.39. The second kappa shape index (κ2) is 7.44. The second-order valence-electron chi connectivity index (χ2n) is 6.94. The second-order valence-corrected chi connectivity index (χ2v) is 6.94. The minimum atomic E-state index is -0.448. The van der Waals surface area contributed by atoms with Crippen LogP contribution in [0.1, 0.15) is 41.6 Å². The SMILES string of the molecule is COC(=O)c1cc(CNC(=O)[C@@]23CCCC[C@H]2CNC3)ccc1OC. The summed E-state index contributed by atoms with van der Waals surface area (Å²) in [6.45, 7) is 2.09. The van der Waals surface area contributed by atoms with Crippen LogP contribution in [0.25, 0.3) is 0 Å². The molecule has 2 fully saturated rings. The van der Waals surface area contributed by atoms with Gasteiger partial charge in [-0.25, -0.2) is 4.79 Å². The molecule has 6 nitrogen and oxygen atoms in total. The summed E-state index contributed by atoms with van der Waals surface area (Å²) in [7, 11) is 2.85. The third-order valence-corrected chi connectivity index (χ3v) is 5.61. The van der Waals surface area contributed by atoms with Crippen molar-refractivity contribution >= 4 is 11.9 Å². The van der Waals surface area contributed by atoms with Crippen LogP contribution in [0.2, 0.25) is 0 Å². The van der Waals surface area contributed by atoms with Crippen LogP contribution in [-0.4, -0.2) is 39.2 Å². The third-order valence-electron chi connectivity index (χ3n) is 5.61. The van der Waals surface area contributed by atoms with E-state index < -0.39 is 5.97 Å². The van der Waals surface area contributed by atoms with E-state index in [1.807, 2.05) is 6.07 Å². The molecule has 2 atom stereocenters. The molecule has 136 valence electrons. The lowest BCUT2D eigenvalue weighted by Crippen LogP contribution is -2.47. The van der Waals surface area contributed by atoms with Crippen LogP contribution in [0.5, 0.6) is 5.75 Å². The smallest absolute Gasteiger partial charge is 0.341 e. The van der Waals surface area contributed by atoms with Gasteiger partial charge in [0.25, 0.3) is 0 Å². The number of methoxy groups -OCH3 is 2. The molecular weight excluding hydrogens is 320 g/mol. The molecule has 3 rings (SSSR count).